The van der Waals surface area contributed by atoms with Crippen LogP contribution in [0.25, 0.3) is 0 Å². The molecular formula is C7H14F3NO2. The molecule has 0 aliphatic carbocycles. The molecule has 80 valence electrons. The predicted molar refractivity (Wildman–Crippen MR) is 41.4 cm³/mol. The molecule has 13 heavy (non-hydrogen) atoms. The Hall–Kier alpha value is -0.330. The van der Waals surface area contributed by atoms with Crippen molar-refractivity contribution in [2.75, 3.05) is 26.9 Å². The van der Waals surface area contributed by atoms with Crippen LogP contribution in [-0.4, -0.2) is 44.2 Å². The predicted octanol–water partition coefficient (Wildman–Crippen LogP) is 0.536. The number of likely N-dealkylation sites (N-methyl/N-ethyl adjacent to an activating group) is 1. The van der Waals surface area contributed by atoms with Crippen LogP contribution in [0, 0.1) is 0 Å². The maximum Gasteiger partial charge on any atom is 0.391 e. The van der Waals surface area contributed by atoms with E-state index < -0.39 is 12.6 Å². The van der Waals surface area contributed by atoms with E-state index in [4.69, 9.17) is 9.84 Å². The van der Waals surface area contributed by atoms with Crippen molar-refractivity contribution in [1.82, 2.24) is 5.32 Å². The number of rotatable bonds is 6. The summed E-state index contributed by atoms with van der Waals surface area (Å²) in [5.74, 6) is 0. The molecule has 0 aromatic heterocycles. The van der Waals surface area contributed by atoms with Gasteiger partial charge in [-0.2, -0.15) is 13.2 Å². The first-order valence-corrected chi connectivity index (χ1v) is 3.92. The Labute approximate surface area is 74.9 Å². The molecule has 6 heteroatoms. The number of alkyl halides is 3. The smallest absolute Gasteiger partial charge is 0.391 e. The lowest BCUT2D eigenvalue weighted by Gasteiger charge is -2.13. The van der Waals surface area contributed by atoms with E-state index in [2.05, 4.69) is 5.32 Å². The summed E-state index contributed by atoms with van der Waals surface area (Å²) in [4.78, 5) is 0. The van der Waals surface area contributed by atoms with Gasteiger partial charge >= 0.3 is 6.18 Å². The molecule has 0 fully saturated rings. The molecular weight excluding hydrogens is 187 g/mol. The van der Waals surface area contributed by atoms with Gasteiger partial charge < -0.3 is 15.2 Å². The molecule has 0 heterocycles. The first-order valence-electron chi connectivity index (χ1n) is 3.92. The van der Waals surface area contributed by atoms with E-state index in [1.165, 1.54) is 0 Å². The Balaban J connectivity index is 3.34. The Kier molecular flexibility index (Phi) is 6.02. The highest BCUT2D eigenvalue weighted by molar-refractivity contribution is 4.60. The van der Waals surface area contributed by atoms with E-state index >= 15 is 0 Å². The number of nitrogens with one attached hydrogen (secondary N) is 1. The van der Waals surface area contributed by atoms with E-state index in [-0.39, 0.29) is 25.9 Å². The number of aliphatic hydroxyl groups excluding tert-OH is 1. The molecule has 0 aliphatic heterocycles. The minimum atomic E-state index is -4.17. The lowest BCUT2D eigenvalue weighted by atomic mass is 10.3. The Morgan fingerprint density at radius 3 is 2.46 bits per heavy atom. The van der Waals surface area contributed by atoms with Gasteiger partial charge in [-0.05, 0) is 7.05 Å². The number of aliphatic hydroxyl groups is 1. The van der Waals surface area contributed by atoms with Gasteiger partial charge in [0.05, 0.1) is 32.3 Å². The third-order valence-corrected chi connectivity index (χ3v) is 1.48. The minimum Gasteiger partial charge on any atom is -0.395 e. The Morgan fingerprint density at radius 1 is 1.46 bits per heavy atom. The molecule has 0 saturated heterocycles. The summed E-state index contributed by atoms with van der Waals surface area (Å²) in [6, 6.07) is -0.298. The summed E-state index contributed by atoms with van der Waals surface area (Å²) < 4.78 is 39.5. The van der Waals surface area contributed by atoms with Crippen LogP contribution in [0.3, 0.4) is 0 Å². The molecule has 1 unspecified atom stereocenters. The summed E-state index contributed by atoms with van der Waals surface area (Å²) >= 11 is 0. The monoisotopic (exact) mass is 201 g/mol. The lowest BCUT2D eigenvalue weighted by Crippen LogP contribution is -2.34. The van der Waals surface area contributed by atoms with E-state index in [1.807, 2.05) is 0 Å². The zero-order valence-electron chi connectivity index (χ0n) is 7.40. The molecule has 0 radical (unpaired) electrons. The van der Waals surface area contributed by atoms with Crippen molar-refractivity contribution in [1.29, 1.82) is 0 Å². The van der Waals surface area contributed by atoms with E-state index in [0.29, 0.717) is 0 Å². The van der Waals surface area contributed by atoms with Crippen molar-refractivity contribution in [3.63, 3.8) is 0 Å². The summed E-state index contributed by atoms with van der Waals surface area (Å²) in [5.41, 5.74) is 0. The summed E-state index contributed by atoms with van der Waals surface area (Å²) in [6.07, 6.45) is -5.12. The van der Waals surface area contributed by atoms with Crippen LogP contribution >= 0.6 is 0 Å². The van der Waals surface area contributed by atoms with Crippen molar-refractivity contribution in [3.8, 4) is 0 Å². The highest BCUT2D eigenvalue weighted by Gasteiger charge is 2.26. The zero-order chi connectivity index (χ0) is 10.3. The van der Waals surface area contributed by atoms with Gasteiger partial charge in [-0.15, -0.1) is 0 Å². The van der Waals surface area contributed by atoms with E-state index in [1.54, 1.807) is 7.05 Å². The van der Waals surface area contributed by atoms with Crippen LogP contribution in [0.15, 0.2) is 0 Å². The fourth-order valence-corrected chi connectivity index (χ4v) is 0.641. The van der Waals surface area contributed by atoms with Gasteiger partial charge in [0.25, 0.3) is 0 Å². The standard InChI is InChI=1S/C7H14F3NO2/c1-11-6(4-12)5-13-3-2-7(8,9)10/h6,11-12H,2-5H2,1H3. The summed E-state index contributed by atoms with van der Waals surface area (Å²) in [7, 11) is 1.61. The molecule has 0 aromatic rings. The first-order chi connectivity index (χ1) is 5.99. The minimum absolute atomic E-state index is 0.0864. The topological polar surface area (TPSA) is 41.5 Å². The molecule has 3 nitrogen and oxygen atoms in total. The second-order valence-electron chi connectivity index (χ2n) is 2.61. The van der Waals surface area contributed by atoms with Gasteiger partial charge in [0, 0.05) is 0 Å². The molecule has 2 N–H and O–H groups in total. The molecule has 0 rings (SSSR count). The zero-order valence-corrected chi connectivity index (χ0v) is 7.40. The SMILES string of the molecule is CNC(CO)COCCC(F)(F)F. The van der Waals surface area contributed by atoms with Crippen molar-refractivity contribution < 1.29 is 23.0 Å². The highest BCUT2D eigenvalue weighted by Crippen LogP contribution is 2.18. The van der Waals surface area contributed by atoms with Gasteiger partial charge in [0.15, 0.2) is 0 Å². The second kappa shape index (κ2) is 6.17. The molecule has 0 spiro atoms. The van der Waals surface area contributed by atoms with Gasteiger partial charge in [0.1, 0.15) is 0 Å². The maximum absolute atomic E-state index is 11.6. The lowest BCUT2D eigenvalue weighted by molar-refractivity contribution is -0.145. The highest BCUT2D eigenvalue weighted by atomic mass is 19.4. The average molecular weight is 201 g/mol. The van der Waals surface area contributed by atoms with E-state index in [9.17, 15) is 13.2 Å². The summed E-state index contributed by atoms with van der Waals surface area (Å²) in [6.45, 7) is -0.423. The number of hydrogen-bond donors (Lipinski definition) is 2. The van der Waals surface area contributed by atoms with Crippen LogP contribution in [0.4, 0.5) is 13.2 Å². The van der Waals surface area contributed by atoms with Crippen LogP contribution in [0.5, 0.6) is 0 Å². The van der Waals surface area contributed by atoms with Crippen LogP contribution < -0.4 is 5.32 Å². The van der Waals surface area contributed by atoms with Gasteiger partial charge in [-0.25, -0.2) is 0 Å². The fourth-order valence-electron chi connectivity index (χ4n) is 0.641. The molecule has 0 aromatic carbocycles. The van der Waals surface area contributed by atoms with Crippen molar-refractivity contribution in [2.45, 2.75) is 18.6 Å². The average Bonchev–Trinajstić information content (AvgIpc) is 2.03. The van der Waals surface area contributed by atoms with Crippen LogP contribution in [-0.2, 0) is 4.74 Å². The number of ether oxygens (including phenoxy) is 1. The third kappa shape index (κ3) is 8.01. The molecule has 0 amide bonds. The fraction of sp³-hybridized carbons (Fsp3) is 1.00. The van der Waals surface area contributed by atoms with Gasteiger partial charge in [-0.1, -0.05) is 0 Å². The molecule has 0 aliphatic rings. The molecule has 1 atom stereocenters. The van der Waals surface area contributed by atoms with Crippen molar-refractivity contribution >= 4 is 0 Å². The Morgan fingerprint density at radius 2 is 2.08 bits per heavy atom. The molecule has 0 bridgehead atoms. The normalized spacial score (nSPS) is 14.5. The van der Waals surface area contributed by atoms with Gasteiger partial charge in [-0.3, -0.25) is 0 Å². The quantitative estimate of drug-likeness (QED) is 0.616. The summed E-state index contributed by atoms with van der Waals surface area (Å²) in [5, 5.41) is 11.3. The number of halogens is 3. The van der Waals surface area contributed by atoms with Gasteiger partial charge in [0.2, 0.25) is 0 Å². The van der Waals surface area contributed by atoms with Crippen molar-refractivity contribution in [2.24, 2.45) is 0 Å². The van der Waals surface area contributed by atoms with Crippen molar-refractivity contribution in [3.05, 3.63) is 0 Å². The largest absolute Gasteiger partial charge is 0.395 e. The van der Waals surface area contributed by atoms with Crippen LogP contribution in [0.1, 0.15) is 6.42 Å². The first kappa shape index (κ1) is 12.7. The Bertz CT molecular complexity index is 125. The molecule has 0 saturated carbocycles. The van der Waals surface area contributed by atoms with E-state index in [0.717, 1.165) is 0 Å². The van der Waals surface area contributed by atoms with Crippen LogP contribution in [0.2, 0.25) is 0 Å². The maximum atomic E-state index is 11.6. The number of hydrogen-bond acceptors (Lipinski definition) is 3. The third-order valence-electron chi connectivity index (χ3n) is 1.48. The second-order valence-corrected chi connectivity index (χ2v) is 2.61.